The van der Waals surface area contributed by atoms with E-state index < -0.39 is 0 Å². The molecule has 7 aromatic rings. The minimum absolute atomic E-state index is 1.14. The summed E-state index contributed by atoms with van der Waals surface area (Å²) in [7, 11) is 0. The zero-order valence-corrected chi connectivity index (χ0v) is 19.8. The topological polar surface area (TPSA) is 9.86 Å². The van der Waals surface area contributed by atoms with Gasteiger partial charge in [0.1, 0.15) is 0 Å². The number of aromatic nitrogens is 2. The average Bonchev–Trinajstić information content (AvgIpc) is 3.53. The summed E-state index contributed by atoms with van der Waals surface area (Å²) in [5.74, 6) is 0. The Morgan fingerprint density at radius 1 is 0.333 bits per heavy atom. The van der Waals surface area contributed by atoms with Crippen LogP contribution in [0, 0.1) is 0 Å². The highest BCUT2D eigenvalue weighted by molar-refractivity contribution is 5.91. The van der Waals surface area contributed by atoms with E-state index in [1.807, 2.05) is 0 Å². The van der Waals surface area contributed by atoms with Crippen molar-refractivity contribution in [2.75, 3.05) is 0 Å². The molecule has 7 rings (SSSR count). The number of para-hydroxylation sites is 2. The van der Waals surface area contributed by atoms with Gasteiger partial charge in [0.2, 0.25) is 0 Å². The molecule has 0 saturated heterocycles. The Hall–Kier alpha value is -4.82. The number of hydrogen-bond acceptors (Lipinski definition) is 0. The van der Waals surface area contributed by atoms with E-state index in [0.29, 0.717) is 0 Å². The maximum atomic E-state index is 2.38. The molecule has 0 amide bonds. The first-order valence-corrected chi connectivity index (χ1v) is 12.3. The predicted octanol–water partition coefficient (Wildman–Crippen LogP) is 8.91. The highest BCUT2D eigenvalue weighted by atomic mass is 15.0. The third-order valence-electron chi connectivity index (χ3n) is 6.91. The molecule has 0 N–H and O–H groups in total. The average molecular weight is 461 g/mol. The molecule has 170 valence electrons. The van der Waals surface area contributed by atoms with Crippen molar-refractivity contribution in [3.63, 3.8) is 0 Å². The van der Waals surface area contributed by atoms with Gasteiger partial charge in [-0.2, -0.15) is 0 Å². The van der Waals surface area contributed by atoms with E-state index in [4.69, 9.17) is 0 Å². The fourth-order valence-corrected chi connectivity index (χ4v) is 5.28. The highest BCUT2D eigenvalue weighted by Crippen LogP contribution is 2.35. The lowest BCUT2D eigenvalue weighted by molar-refractivity contribution is 1.09. The Balaban J connectivity index is 1.49. The van der Waals surface area contributed by atoms with Gasteiger partial charge in [-0.05, 0) is 53.6 Å². The molecule has 0 spiro atoms. The van der Waals surface area contributed by atoms with Gasteiger partial charge >= 0.3 is 0 Å². The SMILES string of the molecule is c1ccc(-c2cc3ccccc3n2-c2cccc(-n3c(-c4ccccc4)cc4ccccc43)c2)cc1. The van der Waals surface area contributed by atoms with E-state index >= 15 is 0 Å². The number of rotatable bonds is 4. The largest absolute Gasteiger partial charge is 0.309 e. The van der Waals surface area contributed by atoms with Gasteiger partial charge in [-0.15, -0.1) is 0 Å². The molecule has 0 fully saturated rings. The molecular weight excluding hydrogens is 436 g/mol. The molecule has 5 aromatic carbocycles. The minimum Gasteiger partial charge on any atom is -0.309 e. The standard InChI is InChI=1S/C34H24N2/c1-3-12-25(13-4-1)33-22-27-16-7-9-20-31(27)35(33)29-18-11-19-30(24-29)36-32-21-10-8-17-28(32)23-34(36)26-14-5-2-6-15-26/h1-24H. The second-order valence-corrected chi connectivity index (χ2v) is 9.10. The predicted molar refractivity (Wildman–Crippen MR) is 151 cm³/mol. The molecule has 0 bridgehead atoms. The van der Waals surface area contributed by atoms with Crippen molar-refractivity contribution >= 4 is 21.8 Å². The van der Waals surface area contributed by atoms with Crippen LogP contribution in [0.4, 0.5) is 0 Å². The Labute approximate surface area is 210 Å². The van der Waals surface area contributed by atoms with Gasteiger partial charge in [-0.3, -0.25) is 0 Å². The van der Waals surface area contributed by atoms with E-state index in [2.05, 4.69) is 155 Å². The number of hydrogen-bond donors (Lipinski definition) is 0. The lowest BCUT2D eigenvalue weighted by atomic mass is 10.1. The van der Waals surface area contributed by atoms with E-state index in [0.717, 1.165) is 11.4 Å². The molecule has 0 aliphatic heterocycles. The van der Waals surface area contributed by atoms with Crippen molar-refractivity contribution < 1.29 is 0 Å². The zero-order valence-electron chi connectivity index (χ0n) is 19.8. The van der Waals surface area contributed by atoms with Gasteiger partial charge in [-0.1, -0.05) is 103 Å². The van der Waals surface area contributed by atoms with Gasteiger partial charge in [0.05, 0.1) is 22.4 Å². The normalized spacial score (nSPS) is 11.3. The molecule has 0 unspecified atom stereocenters. The van der Waals surface area contributed by atoms with E-state index in [1.54, 1.807) is 0 Å². The van der Waals surface area contributed by atoms with Crippen LogP contribution in [0.5, 0.6) is 0 Å². The Morgan fingerprint density at radius 3 is 1.22 bits per heavy atom. The molecule has 2 aromatic heterocycles. The molecule has 0 saturated carbocycles. The summed E-state index contributed by atoms with van der Waals surface area (Å²) in [4.78, 5) is 0. The van der Waals surface area contributed by atoms with Crippen LogP contribution in [0.25, 0.3) is 55.7 Å². The van der Waals surface area contributed by atoms with Crippen molar-refractivity contribution in [1.29, 1.82) is 0 Å². The maximum absolute atomic E-state index is 2.38. The molecule has 0 aliphatic rings. The summed E-state index contributed by atoms with van der Waals surface area (Å²) in [5.41, 5.74) is 9.48. The molecule has 0 atom stereocenters. The van der Waals surface area contributed by atoms with Crippen LogP contribution in [0.2, 0.25) is 0 Å². The molecule has 2 heteroatoms. The summed E-state index contributed by atoms with van der Waals surface area (Å²) in [5, 5.41) is 2.47. The minimum atomic E-state index is 1.14. The molecule has 36 heavy (non-hydrogen) atoms. The third-order valence-corrected chi connectivity index (χ3v) is 6.91. The molecule has 0 radical (unpaired) electrons. The van der Waals surface area contributed by atoms with Gasteiger partial charge < -0.3 is 9.13 Å². The van der Waals surface area contributed by atoms with Crippen LogP contribution in [-0.2, 0) is 0 Å². The van der Waals surface area contributed by atoms with Crippen molar-refractivity contribution in [2.24, 2.45) is 0 Å². The summed E-state index contributed by atoms with van der Waals surface area (Å²) < 4.78 is 4.75. The van der Waals surface area contributed by atoms with Crippen LogP contribution in [0.3, 0.4) is 0 Å². The van der Waals surface area contributed by atoms with Gasteiger partial charge in [0, 0.05) is 22.1 Å². The van der Waals surface area contributed by atoms with Crippen molar-refractivity contribution in [2.45, 2.75) is 0 Å². The van der Waals surface area contributed by atoms with E-state index in [-0.39, 0.29) is 0 Å². The summed E-state index contributed by atoms with van der Waals surface area (Å²) in [6.45, 7) is 0. The van der Waals surface area contributed by atoms with Crippen molar-refractivity contribution in [1.82, 2.24) is 9.13 Å². The van der Waals surface area contributed by atoms with Crippen LogP contribution >= 0.6 is 0 Å². The molecule has 2 heterocycles. The Morgan fingerprint density at radius 2 is 0.750 bits per heavy atom. The quantitative estimate of drug-likeness (QED) is 0.248. The van der Waals surface area contributed by atoms with E-state index in [1.165, 1.54) is 44.3 Å². The summed E-state index contributed by atoms with van der Waals surface area (Å²) >= 11 is 0. The number of fused-ring (bicyclic) bond motifs is 2. The molecule has 0 aliphatic carbocycles. The van der Waals surface area contributed by atoms with Crippen molar-refractivity contribution in [3.8, 4) is 33.9 Å². The second-order valence-electron chi connectivity index (χ2n) is 9.10. The summed E-state index contributed by atoms with van der Waals surface area (Å²) in [6.07, 6.45) is 0. The highest BCUT2D eigenvalue weighted by Gasteiger charge is 2.15. The van der Waals surface area contributed by atoms with Gasteiger partial charge in [0.15, 0.2) is 0 Å². The first-order valence-electron chi connectivity index (χ1n) is 12.3. The first-order chi connectivity index (χ1) is 17.9. The zero-order chi connectivity index (χ0) is 23.9. The maximum Gasteiger partial charge on any atom is 0.0541 e. The second kappa shape index (κ2) is 8.44. The van der Waals surface area contributed by atoms with Gasteiger partial charge in [0.25, 0.3) is 0 Å². The fraction of sp³-hybridized carbons (Fsp3) is 0. The first kappa shape index (κ1) is 20.5. The fourth-order valence-electron chi connectivity index (χ4n) is 5.28. The lowest BCUT2D eigenvalue weighted by Gasteiger charge is -2.16. The van der Waals surface area contributed by atoms with Gasteiger partial charge in [-0.25, -0.2) is 0 Å². The lowest BCUT2D eigenvalue weighted by Crippen LogP contribution is -2.01. The number of nitrogens with zero attached hydrogens (tertiary/aromatic N) is 2. The monoisotopic (exact) mass is 460 g/mol. The van der Waals surface area contributed by atoms with Crippen LogP contribution in [-0.4, -0.2) is 9.13 Å². The van der Waals surface area contributed by atoms with Crippen LogP contribution < -0.4 is 0 Å². The van der Waals surface area contributed by atoms with Crippen LogP contribution in [0.1, 0.15) is 0 Å². The summed E-state index contributed by atoms with van der Waals surface area (Å²) in [6, 6.07) is 52.0. The smallest absolute Gasteiger partial charge is 0.0541 e. The van der Waals surface area contributed by atoms with E-state index in [9.17, 15) is 0 Å². The Bertz CT molecular complexity index is 1690. The van der Waals surface area contributed by atoms with Crippen LogP contribution in [0.15, 0.2) is 146 Å². The number of benzene rings is 5. The molecular formula is C34H24N2. The molecule has 2 nitrogen and oxygen atoms in total. The van der Waals surface area contributed by atoms with Crippen molar-refractivity contribution in [3.05, 3.63) is 146 Å². The third kappa shape index (κ3) is 3.35. The Kier molecular flexibility index (Phi) is 4.82.